The molecular formula is C42H76NO7+. The summed E-state index contributed by atoms with van der Waals surface area (Å²) < 4.78 is 17.2. The van der Waals surface area contributed by atoms with Crippen LogP contribution in [0, 0.1) is 0 Å². The summed E-state index contributed by atoms with van der Waals surface area (Å²) in [5.41, 5.74) is 0. The molecule has 0 aromatic carbocycles. The summed E-state index contributed by atoms with van der Waals surface area (Å²) in [6.45, 7) is 4.58. The first-order valence-corrected chi connectivity index (χ1v) is 20.0. The molecule has 0 heterocycles. The third-order valence-electron chi connectivity index (χ3n) is 8.77. The number of carboxylic acids is 1. The van der Waals surface area contributed by atoms with E-state index in [1.807, 2.05) is 21.1 Å². The molecule has 0 spiro atoms. The van der Waals surface area contributed by atoms with E-state index in [2.05, 4.69) is 50.3 Å². The van der Waals surface area contributed by atoms with Gasteiger partial charge >= 0.3 is 17.9 Å². The van der Waals surface area contributed by atoms with Gasteiger partial charge in [0.15, 0.2) is 12.1 Å². The third-order valence-corrected chi connectivity index (χ3v) is 8.77. The van der Waals surface area contributed by atoms with Gasteiger partial charge in [-0.25, -0.2) is 4.79 Å². The lowest BCUT2D eigenvalue weighted by Crippen LogP contribution is -2.50. The zero-order valence-corrected chi connectivity index (χ0v) is 32.8. The van der Waals surface area contributed by atoms with Crippen LogP contribution < -0.4 is 0 Å². The molecule has 1 N–H and O–H groups in total. The van der Waals surface area contributed by atoms with E-state index in [-0.39, 0.29) is 36.2 Å². The summed E-state index contributed by atoms with van der Waals surface area (Å²) in [6.07, 6.45) is 36.1. The van der Waals surface area contributed by atoms with E-state index in [1.165, 1.54) is 57.8 Å². The van der Waals surface area contributed by atoms with Gasteiger partial charge in [-0.05, 0) is 64.2 Å². The quantitative estimate of drug-likeness (QED) is 0.0303. The Morgan fingerprint density at radius 3 is 1.66 bits per heavy atom. The van der Waals surface area contributed by atoms with E-state index in [0.29, 0.717) is 19.3 Å². The summed E-state index contributed by atoms with van der Waals surface area (Å²) in [6, 6.07) is -0.615. The van der Waals surface area contributed by atoms with E-state index in [4.69, 9.17) is 14.2 Å². The second kappa shape index (κ2) is 33.7. The van der Waals surface area contributed by atoms with Crippen molar-refractivity contribution in [1.29, 1.82) is 0 Å². The number of likely N-dealkylation sites (N-methyl/N-ethyl adjacent to an activating group) is 1. The number of esters is 2. The van der Waals surface area contributed by atoms with Crippen LogP contribution in [0.4, 0.5) is 0 Å². The molecule has 0 radical (unpaired) electrons. The first-order chi connectivity index (χ1) is 24.1. The molecule has 0 aliphatic rings. The molecule has 8 heteroatoms. The molecule has 0 aromatic heterocycles. The van der Waals surface area contributed by atoms with Gasteiger partial charge in [-0.3, -0.25) is 9.59 Å². The van der Waals surface area contributed by atoms with Gasteiger partial charge in [0.05, 0.1) is 34.4 Å². The Bertz CT molecular complexity index is 922. The standard InChI is InChI=1S/C42H75NO7/c1-6-8-10-12-14-16-18-20-21-23-24-26-28-30-32-40(44)49-37-38(36-48-35-34-39(42(46)47)43(3,4)5)50-41(45)33-31-29-27-25-22-19-17-15-13-11-9-7-2/h8,10,14-17,38-39H,6-7,9,11-13,18-37H2,1-5H3/p+1/b10-8+,16-14+,17-15+. The van der Waals surface area contributed by atoms with Crippen molar-refractivity contribution in [3.8, 4) is 0 Å². The van der Waals surface area contributed by atoms with Crippen LogP contribution in [0.2, 0.25) is 0 Å². The van der Waals surface area contributed by atoms with Crippen LogP contribution in [0.15, 0.2) is 36.5 Å². The predicted octanol–water partition coefficient (Wildman–Crippen LogP) is 10.3. The van der Waals surface area contributed by atoms with Gasteiger partial charge in [0.1, 0.15) is 6.61 Å². The second-order valence-corrected chi connectivity index (χ2v) is 14.5. The highest BCUT2D eigenvalue weighted by molar-refractivity contribution is 5.72. The van der Waals surface area contributed by atoms with Crippen molar-refractivity contribution in [2.75, 3.05) is 41.0 Å². The number of unbranched alkanes of at least 4 members (excludes halogenated alkanes) is 15. The summed E-state index contributed by atoms with van der Waals surface area (Å²) in [7, 11) is 5.51. The van der Waals surface area contributed by atoms with E-state index in [1.54, 1.807) is 0 Å². The number of rotatable bonds is 35. The lowest BCUT2D eigenvalue weighted by atomic mass is 10.1. The van der Waals surface area contributed by atoms with Crippen LogP contribution in [-0.2, 0) is 28.6 Å². The number of carbonyl (C=O) groups excluding carboxylic acids is 2. The molecule has 0 rings (SSSR count). The SMILES string of the molecule is CC/C=C/C/C=C/CCCCCCCCCC(=O)OCC(COCCC(C(=O)O)[N+](C)(C)C)OC(=O)CCCCCCC/C=C/CCCCC. The number of allylic oxidation sites excluding steroid dienone is 6. The molecular weight excluding hydrogens is 630 g/mol. The smallest absolute Gasteiger partial charge is 0.362 e. The molecule has 2 atom stereocenters. The highest BCUT2D eigenvalue weighted by Crippen LogP contribution is 2.13. The van der Waals surface area contributed by atoms with Crippen LogP contribution in [0.3, 0.4) is 0 Å². The number of ether oxygens (including phenoxy) is 3. The summed E-state index contributed by atoms with van der Waals surface area (Å²) in [5.74, 6) is -1.49. The van der Waals surface area contributed by atoms with Gasteiger partial charge in [-0.2, -0.15) is 0 Å². The largest absolute Gasteiger partial charge is 0.477 e. The lowest BCUT2D eigenvalue weighted by molar-refractivity contribution is -0.887. The zero-order chi connectivity index (χ0) is 37.1. The summed E-state index contributed by atoms with van der Waals surface area (Å²) in [5, 5.41) is 9.59. The fourth-order valence-corrected chi connectivity index (χ4v) is 5.65. The van der Waals surface area contributed by atoms with Crippen molar-refractivity contribution in [2.24, 2.45) is 0 Å². The topological polar surface area (TPSA) is 99.1 Å². The third kappa shape index (κ3) is 31.5. The fourth-order valence-electron chi connectivity index (χ4n) is 5.65. The maximum Gasteiger partial charge on any atom is 0.362 e. The first kappa shape index (κ1) is 47.5. The Balaban J connectivity index is 4.41. The Morgan fingerprint density at radius 1 is 0.620 bits per heavy atom. The molecule has 0 bridgehead atoms. The average Bonchev–Trinajstić information content (AvgIpc) is 3.06. The number of carboxylic acid groups (broad SMARTS) is 1. The Labute approximate surface area is 306 Å². The highest BCUT2D eigenvalue weighted by Gasteiger charge is 2.31. The molecule has 0 aliphatic heterocycles. The minimum Gasteiger partial charge on any atom is -0.477 e. The molecule has 0 fully saturated rings. The first-order valence-electron chi connectivity index (χ1n) is 20.0. The van der Waals surface area contributed by atoms with Crippen molar-refractivity contribution in [2.45, 2.75) is 174 Å². The normalized spacial score (nSPS) is 13.4. The van der Waals surface area contributed by atoms with Crippen LogP contribution >= 0.6 is 0 Å². The van der Waals surface area contributed by atoms with Gasteiger partial charge in [-0.1, -0.05) is 115 Å². The van der Waals surface area contributed by atoms with Crippen LogP contribution in [0.25, 0.3) is 0 Å². The van der Waals surface area contributed by atoms with Gasteiger partial charge in [-0.15, -0.1) is 0 Å². The van der Waals surface area contributed by atoms with Crippen molar-refractivity contribution >= 4 is 17.9 Å². The van der Waals surface area contributed by atoms with Crippen LogP contribution in [0.5, 0.6) is 0 Å². The van der Waals surface area contributed by atoms with Crippen molar-refractivity contribution in [3.63, 3.8) is 0 Å². The molecule has 0 saturated carbocycles. The van der Waals surface area contributed by atoms with E-state index in [0.717, 1.165) is 70.6 Å². The van der Waals surface area contributed by atoms with E-state index >= 15 is 0 Å². The Hall–Kier alpha value is -2.45. The highest BCUT2D eigenvalue weighted by atomic mass is 16.6. The average molecular weight is 707 g/mol. The minimum absolute atomic E-state index is 0.0557. The van der Waals surface area contributed by atoms with Gasteiger partial charge < -0.3 is 23.8 Å². The lowest BCUT2D eigenvalue weighted by Gasteiger charge is -2.31. The van der Waals surface area contributed by atoms with Crippen molar-refractivity contribution in [1.82, 2.24) is 0 Å². The minimum atomic E-state index is -0.879. The van der Waals surface area contributed by atoms with Crippen molar-refractivity contribution in [3.05, 3.63) is 36.5 Å². The maximum atomic E-state index is 12.6. The molecule has 0 aromatic rings. The summed E-state index contributed by atoms with van der Waals surface area (Å²) in [4.78, 5) is 36.8. The molecule has 0 saturated heterocycles. The van der Waals surface area contributed by atoms with Crippen molar-refractivity contribution < 1.29 is 38.2 Å². The number of hydrogen-bond donors (Lipinski definition) is 1. The van der Waals surface area contributed by atoms with Gasteiger partial charge in [0.25, 0.3) is 0 Å². The monoisotopic (exact) mass is 707 g/mol. The number of hydrogen-bond acceptors (Lipinski definition) is 6. The predicted molar refractivity (Wildman–Crippen MR) is 206 cm³/mol. The van der Waals surface area contributed by atoms with E-state index in [9.17, 15) is 19.5 Å². The fraction of sp³-hybridized carbons (Fsp3) is 0.786. The zero-order valence-electron chi connectivity index (χ0n) is 32.8. The Morgan fingerprint density at radius 2 is 1.12 bits per heavy atom. The molecule has 0 amide bonds. The number of quaternary nitrogens is 1. The number of carbonyl (C=O) groups is 3. The molecule has 2 unspecified atom stereocenters. The van der Waals surface area contributed by atoms with E-state index < -0.39 is 18.1 Å². The molecule has 50 heavy (non-hydrogen) atoms. The summed E-state index contributed by atoms with van der Waals surface area (Å²) >= 11 is 0. The molecule has 0 aliphatic carbocycles. The van der Waals surface area contributed by atoms with Crippen LogP contribution in [-0.4, -0.2) is 80.6 Å². The maximum absolute atomic E-state index is 12.6. The molecule has 8 nitrogen and oxygen atoms in total. The van der Waals surface area contributed by atoms with Gasteiger partial charge in [0.2, 0.25) is 0 Å². The Kier molecular flexibility index (Phi) is 32.0. The number of aliphatic carboxylic acids is 1. The van der Waals surface area contributed by atoms with Gasteiger partial charge in [0, 0.05) is 19.3 Å². The number of nitrogens with zero attached hydrogens (tertiary/aromatic N) is 1. The van der Waals surface area contributed by atoms with Crippen LogP contribution in [0.1, 0.15) is 162 Å². The second-order valence-electron chi connectivity index (χ2n) is 14.5. The molecule has 290 valence electrons.